The first-order valence-corrected chi connectivity index (χ1v) is 14.2. The average molecular weight is 589 g/mol. The van der Waals surface area contributed by atoms with E-state index >= 15 is 0 Å². The van der Waals surface area contributed by atoms with E-state index in [2.05, 4.69) is 5.10 Å². The first-order chi connectivity index (χ1) is 20.1. The van der Waals surface area contributed by atoms with Gasteiger partial charge < -0.3 is 9.80 Å². The molecule has 12 heteroatoms. The summed E-state index contributed by atoms with van der Waals surface area (Å²) in [4.78, 5) is 21.1. The van der Waals surface area contributed by atoms with E-state index in [1.807, 2.05) is 29.0 Å². The quantitative estimate of drug-likeness (QED) is 0.328. The van der Waals surface area contributed by atoms with Crippen molar-refractivity contribution < 1.29 is 26.7 Å². The smallest absolute Gasteiger partial charge is 0.369 e. The van der Waals surface area contributed by atoms with E-state index in [0.29, 0.717) is 57.1 Å². The van der Waals surface area contributed by atoms with Crippen LogP contribution in [0.2, 0.25) is 0 Å². The molecular formula is C30H33F5N6O. The summed E-state index contributed by atoms with van der Waals surface area (Å²) in [6.45, 7) is 4.12. The van der Waals surface area contributed by atoms with Gasteiger partial charge in [0.1, 0.15) is 12.5 Å². The number of hydrogen-bond acceptors (Lipinski definition) is 4. The molecule has 0 spiro atoms. The van der Waals surface area contributed by atoms with Crippen molar-refractivity contribution in [1.29, 1.82) is 0 Å². The zero-order valence-corrected chi connectivity index (χ0v) is 23.3. The third-order valence-electron chi connectivity index (χ3n) is 8.63. The Labute approximate surface area is 241 Å². The molecule has 3 aromatic rings. The number of piperidine rings is 1. The molecule has 2 saturated heterocycles. The van der Waals surface area contributed by atoms with Crippen molar-refractivity contribution in [3.63, 3.8) is 0 Å². The minimum atomic E-state index is -4.57. The molecule has 42 heavy (non-hydrogen) atoms. The Morgan fingerprint density at radius 1 is 1.00 bits per heavy atom. The fourth-order valence-electron chi connectivity index (χ4n) is 6.41. The van der Waals surface area contributed by atoms with Crippen LogP contribution in [0, 0.1) is 12.7 Å². The Morgan fingerprint density at radius 2 is 1.74 bits per heavy atom. The molecule has 4 heterocycles. The van der Waals surface area contributed by atoms with Crippen molar-refractivity contribution in [3.05, 3.63) is 76.7 Å². The molecule has 0 atom stereocenters. The summed E-state index contributed by atoms with van der Waals surface area (Å²) >= 11 is 0. The lowest BCUT2D eigenvalue weighted by atomic mass is 10.00. The number of alkyl halides is 4. The predicted molar refractivity (Wildman–Crippen MR) is 149 cm³/mol. The Hall–Kier alpha value is -3.67. The third kappa shape index (κ3) is 5.32. The second kappa shape index (κ2) is 11.2. The van der Waals surface area contributed by atoms with E-state index in [1.165, 1.54) is 29.2 Å². The summed E-state index contributed by atoms with van der Waals surface area (Å²) in [5.74, 6) is 0.0757. The number of nitrogens with zero attached hydrogens (tertiary/aromatic N) is 6. The van der Waals surface area contributed by atoms with E-state index in [4.69, 9.17) is 0 Å². The standard InChI is InChI=1S/C30H33F5N6O/c1-20-5-4-8-26(32)27(20)38-12-9-23(10-13-38)39-16-22-17-41(24-18-37(19-24)14-11-31)36-28(22)40(29(39)42)15-21-6-2-3-7-25(21)30(33,34)35/h2-8,17,23-24H,9-16,18-19H2,1H3. The summed E-state index contributed by atoms with van der Waals surface area (Å²) in [7, 11) is 0. The van der Waals surface area contributed by atoms with Crippen LogP contribution in [0.5, 0.6) is 0 Å². The van der Waals surface area contributed by atoms with E-state index in [0.717, 1.165) is 17.2 Å². The van der Waals surface area contributed by atoms with Gasteiger partial charge in [-0.25, -0.2) is 13.6 Å². The van der Waals surface area contributed by atoms with Gasteiger partial charge in [-0.05, 0) is 43.0 Å². The number of hydrogen-bond donors (Lipinski definition) is 0. The number of carbonyl (C=O) groups is 1. The van der Waals surface area contributed by atoms with Crippen molar-refractivity contribution in [2.75, 3.05) is 49.2 Å². The average Bonchev–Trinajstić information content (AvgIpc) is 3.35. The molecule has 7 nitrogen and oxygen atoms in total. The number of amides is 2. The highest BCUT2D eigenvalue weighted by molar-refractivity contribution is 5.94. The van der Waals surface area contributed by atoms with Gasteiger partial charge in [0.25, 0.3) is 0 Å². The monoisotopic (exact) mass is 588 g/mol. The van der Waals surface area contributed by atoms with Crippen LogP contribution in [0.25, 0.3) is 0 Å². The van der Waals surface area contributed by atoms with E-state index in [1.54, 1.807) is 15.6 Å². The number of urea groups is 1. The molecule has 3 aliphatic rings. The van der Waals surface area contributed by atoms with E-state index in [-0.39, 0.29) is 36.6 Å². The van der Waals surface area contributed by atoms with Gasteiger partial charge in [0, 0.05) is 50.5 Å². The number of benzene rings is 2. The first-order valence-electron chi connectivity index (χ1n) is 14.2. The lowest BCUT2D eigenvalue weighted by molar-refractivity contribution is -0.138. The van der Waals surface area contributed by atoms with Crippen molar-refractivity contribution in [2.24, 2.45) is 0 Å². The number of likely N-dealkylation sites (tertiary alicyclic amines) is 1. The van der Waals surface area contributed by atoms with E-state index in [9.17, 15) is 26.7 Å². The maximum Gasteiger partial charge on any atom is 0.416 e. The van der Waals surface area contributed by atoms with Crippen molar-refractivity contribution in [1.82, 2.24) is 19.6 Å². The second-order valence-electron chi connectivity index (χ2n) is 11.3. The van der Waals surface area contributed by atoms with Crippen LogP contribution in [0.3, 0.4) is 0 Å². The van der Waals surface area contributed by atoms with Gasteiger partial charge in [-0.15, -0.1) is 0 Å². The van der Waals surface area contributed by atoms with Gasteiger partial charge in [0.2, 0.25) is 0 Å². The minimum absolute atomic E-state index is 0.00209. The Kier molecular flexibility index (Phi) is 7.59. The third-order valence-corrected chi connectivity index (χ3v) is 8.63. The van der Waals surface area contributed by atoms with Gasteiger partial charge in [0.05, 0.1) is 30.4 Å². The number of aryl methyl sites for hydroxylation is 1. The number of anilines is 2. The molecule has 3 aliphatic heterocycles. The Morgan fingerprint density at radius 3 is 2.43 bits per heavy atom. The summed E-state index contributed by atoms with van der Waals surface area (Å²) in [6.07, 6.45) is -1.51. The Balaban J connectivity index is 1.27. The molecule has 0 N–H and O–H groups in total. The van der Waals surface area contributed by atoms with Gasteiger partial charge in [-0.1, -0.05) is 30.3 Å². The molecule has 0 unspecified atom stereocenters. The molecule has 0 radical (unpaired) electrons. The minimum Gasteiger partial charge on any atom is -0.369 e. The summed E-state index contributed by atoms with van der Waals surface area (Å²) < 4.78 is 70.8. The molecule has 2 amide bonds. The molecule has 1 aromatic heterocycles. The summed E-state index contributed by atoms with van der Waals surface area (Å²) in [5, 5.41) is 4.68. The number of rotatable bonds is 7. The van der Waals surface area contributed by atoms with Crippen LogP contribution in [0.4, 0.5) is 38.3 Å². The number of fused-ring (bicyclic) bond motifs is 1. The predicted octanol–water partition coefficient (Wildman–Crippen LogP) is 5.79. The molecular weight excluding hydrogens is 555 g/mol. The van der Waals surface area contributed by atoms with Crippen LogP contribution in [-0.4, -0.2) is 71.1 Å². The maximum atomic E-state index is 14.6. The summed E-state index contributed by atoms with van der Waals surface area (Å²) in [6, 6.07) is 9.72. The lowest BCUT2D eigenvalue weighted by Crippen LogP contribution is -2.54. The topological polar surface area (TPSA) is 47.9 Å². The molecule has 2 aromatic carbocycles. The molecule has 6 rings (SSSR count). The van der Waals surface area contributed by atoms with Gasteiger partial charge in [-0.2, -0.15) is 18.3 Å². The van der Waals surface area contributed by atoms with Crippen LogP contribution in [0.1, 0.15) is 41.1 Å². The molecule has 224 valence electrons. The SMILES string of the molecule is Cc1cccc(F)c1N1CCC(N2Cc3cn(C4CN(CCF)C4)nc3N(Cc3ccccc3C(F)(F)F)C2=O)CC1. The zero-order chi connectivity index (χ0) is 29.6. The highest BCUT2D eigenvalue weighted by Gasteiger charge is 2.41. The van der Waals surface area contributed by atoms with Gasteiger partial charge in [-0.3, -0.25) is 14.5 Å². The maximum absolute atomic E-state index is 14.6. The van der Waals surface area contributed by atoms with Crippen molar-refractivity contribution in [2.45, 2.75) is 51.1 Å². The number of aromatic nitrogens is 2. The fraction of sp³-hybridized carbons (Fsp3) is 0.467. The number of para-hydroxylation sites is 1. The van der Waals surface area contributed by atoms with Crippen LogP contribution < -0.4 is 9.80 Å². The zero-order valence-electron chi connectivity index (χ0n) is 23.3. The molecule has 0 bridgehead atoms. The van der Waals surface area contributed by atoms with Crippen molar-refractivity contribution in [3.8, 4) is 0 Å². The largest absolute Gasteiger partial charge is 0.416 e. The summed E-state index contributed by atoms with van der Waals surface area (Å²) in [5.41, 5.74) is 1.37. The second-order valence-corrected chi connectivity index (χ2v) is 11.3. The fourth-order valence-corrected chi connectivity index (χ4v) is 6.41. The van der Waals surface area contributed by atoms with Gasteiger partial charge in [0.15, 0.2) is 5.82 Å². The first kappa shape index (κ1) is 28.4. The number of halogens is 5. The highest BCUT2D eigenvalue weighted by atomic mass is 19.4. The van der Waals surface area contributed by atoms with Crippen LogP contribution in [-0.2, 0) is 19.3 Å². The normalized spacial score (nSPS) is 18.9. The van der Waals surface area contributed by atoms with Crippen LogP contribution in [0.15, 0.2) is 48.7 Å². The van der Waals surface area contributed by atoms with Crippen molar-refractivity contribution >= 4 is 17.5 Å². The molecule has 0 aliphatic carbocycles. The highest BCUT2D eigenvalue weighted by Crippen LogP contribution is 2.38. The van der Waals surface area contributed by atoms with E-state index < -0.39 is 24.4 Å². The van der Waals surface area contributed by atoms with Crippen LogP contribution >= 0.6 is 0 Å². The van der Waals surface area contributed by atoms with Gasteiger partial charge >= 0.3 is 12.2 Å². The Bertz CT molecular complexity index is 1420. The lowest BCUT2D eigenvalue weighted by Gasteiger charge is -2.43. The molecule has 0 saturated carbocycles. The number of carbonyl (C=O) groups excluding carboxylic acids is 1. The molecule has 2 fully saturated rings.